The summed E-state index contributed by atoms with van der Waals surface area (Å²) in [7, 11) is 1.29. The van der Waals surface area contributed by atoms with E-state index >= 15 is 0 Å². The first-order chi connectivity index (χ1) is 11.1. The molecule has 1 fully saturated rings. The second kappa shape index (κ2) is 8.79. The highest BCUT2D eigenvalue weighted by Gasteiger charge is 2.26. The first kappa shape index (κ1) is 17.6. The third-order valence-corrected chi connectivity index (χ3v) is 3.89. The van der Waals surface area contributed by atoms with E-state index in [9.17, 15) is 13.6 Å². The van der Waals surface area contributed by atoms with Crippen LogP contribution in [-0.2, 0) is 9.47 Å². The van der Waals surface area contributed by atoms with Crippen molar-refractivity contribution in [2.45, 2.75) is 18.9 Å². The summed E-state index contributed by atoms with van der Waals surface area (Å²) in [6.45, 7) is 2.25. The van der Waals surface area contributed by atoms with Crippen LogP contribution in [0.25, 0.3) is 0 Å². The molecule has 1 aliphatic rings. The van der Waals surface area contributed by atoms with Crippen LogP contribution in [0.4, 0.5) is 13.6 Å². The smallest absolute Gasteiger partial charge is 0.406 e. The summed E-state index contributed by atoms with van der Waals surface area (Å²) in [5.74, 6) is -1.58. The number of carbonyl (C=O) groups is 1. The zero-order chi connectivity index (χ0) is 16.7. The number of halogens is 2. The monoisotopic (exact) mass is 328 g/mol. The number of ether oxygens (including phenoxy) is 2. The summed E-state index contributed by atoms with van der Waals surface area (Å²) in [6, 6.07) is 3.84. The van der Waals surface area contributed by atoms with Gasteiger partial charge in [0.1, 0.15) is 0 Å². The van der Waals surface area contributed by atoms with Crippen LogP contribution in [0.1, 0.15) is 24.5 Å². The van der Waals surface area contributed by atoms with Crippen LogP contribution >= 0.6 is 0 Å². The number of amides is 1. The zero-order valence-corrected chi connectivity index (χ0v) is 13.1. The molecule has 2 atom stereocenters. The highest BCUT2D eigenvalue weighted by Crippen LogP contribution is 2.31. The van der Waals surface area contributed by atoms with Crippen molar-refractivity contribution in [1.29, 1.82) is 0 Å². The first-order valence-corrected chi connectivity index (χ1v) is 7.71. The molecular weight excluding hydrogens is 306 g/mol. The molecule has 1 aromatic rings. The molecule has 2 rings (SSSR count). The molecule has 1 aliphatic heterocycles. The molecular formula is C16H22F2N2O3. The minimum absolute atomic E-state index is 0.173. The fourth-order valence-corrected chi connectivity index (χ4v) is 2.74. The fourth-order valence-electron chi connectivity index (χ4n) is 2.74. The Kier molecular flexibility index (Phi) is 6.73. The van der Waals surface area contributed by atoms with E-state index in [1.807, 2.05) is 0 Å². The molecule has 128 valence electrons. The van der Waals surface area contributed by atoms with E-state index in [0.717, 1.165) is 32.0 Å². The number of carbonyl (C=O) groups excluding carboxylic acids is 1. The Balaban J connectivity index is 2.02. The van der Waals surface area contributed by atoms with Gasteiger partial charge in [0.25, 0.3) is 0 Å². The van der Waals surface area contributed by atoms with E-state index in [1.165, 1.54) is 13.2 Å². The van der Waals surface area contributed by atoms with E-state index in [2.05, 4.69) is 15.4 Å². The molecule has 23 heavy (non-hydrogen) atoms. The molecule has 1 unspecified atom stereocenters. The summed E-state index contributed by atoms with van der Waals surface area (Å²) >= 11 is 0. The number of methoxy groups -OCH3 is 1. The molecule has 0 spiro atoms. The predicted molar refractivity (Wildman–Crippen MR) is 81.1 cm³/mol. The summed E-state index contributed by atoms with van der Waals surface area (Å²) in [5, 5.41) is 5.82. The van der Waals surface area contributed by atoms with E-state index in [0.29, 0.717) is 5.56 Å². The third kappa shape index (κ3) is 5.14. The van der Waals surface area contributed by atoms with Crippen molar-refractivity contribution in [3.63, 3.8) is 0 Å². The van der Waals surface area contributed by atoms with Gasteiger partial charge in [0.05, 0.1) is 19.8 Å². The molecule has 7 heteroatoms. The topological polar surface area (TPSA) is 59.6 Å². The van der Waals surface area contributed by atoms with Gasteiger partial charge in [-0.15, -0.1) is 0 Å². The normalized spacial score (nSPS) is 19.2. The lowest BCUT2D eigenvalue weighted by Gasteiger charge is -2.31. The molecule has 1 saturated heterocycles. The van der Waals surface area contributed by atoms with Crippen LogP contribution in [0, 0.1) is 17.6 Å². The summed E-state index contributed by atoms with van der Waals surface area (Å²) in [6.07, 6.45) is 1.07. The number of alkyl carbamates (subject to hydrolysis) is 1. The second-order valence-corrected chi connectivity index (χ2v) is 5.49. The lowest BCUT2D eigenvalue weighted by atomic mass is 9.89. The molecule has 1 heterocycles. The van der Waals surface area contributed by atoms with Crippen molar-refractivity contribution >= 4 is 6.09 Å². The standard InChI is InChI=1S/C16H22F2N2O3/c1-22-16(21)20-7-8-23-15(12-3-2-6-19-10-12)11-4-5-13(17)14(18)9-11/h4-5,9,12,15,19H,2-3,6-8,10H2,1H3,(H,20,21)/t12?,15-/m0/s1. The minimum atomic E-state index is -0.882. The summed E-state index contributed by atoms with van der Waals surface area (Å²) < 4.78 is 37.0. The summed E-state index contributed by atoms with van der Waals surface area (Å²) in [4.78, 5) is 11.0. The zero-order valence-electron chi connectivity index (χ0n) is 13.1. The van der Waals surface area contributed by atoms with Crippen LogP contribution < -0.4 is 10.6 Å². The number of benzene rings is 1. The average Bonchev–Trinajstić information content (AvgIpc) is 2.58. The van der Waals surface area contributed by atoms with Crippen LogP contribution in [0.5, 0.6) is 0 Å². The minimum Gasteiger partial charge on any atom is -0.453 e. The van der Waals surface area contributed by atoms with Crippen molar-refractivity contribution in [3.05, 3.63) is 35.4 Å². The molecule has 0 aliphatic carbocycles. The highest BCUT2D eigenvalue weighted by atomic mass is 19.2. The molecule has 0 radical (unpaired) electrons. The Labute approximate surface area is 134 Å². The van der Waals surface area contributed by atoms with E-state index in [4.69, 9.17) is 4.74 Å². The van der Waals surface area contributed by atoms with Crippen LogP contribution in [0.2, 0.25) is 0 Å². The Morgan fingerprint density at radius 2 is 2.26 bits per heavy atom. The quantitative estimate of drug-likeness (QED) is 0.787. The number of piperidine rings is 1. The number of hydrogen-bond acceptors (Lipinski definition) is 4. The van der Waals surface area contributed by atoms with Gasteiger partial charge >= 0.3 is 6.09 Å². The van der Waals surface area contributed by atoms with E-state index in [1.54, 1.807) is 6.07 Å². The maximum absolute atomic E-state index is 13.5. The molecule has 1 amide bonds. The van der Waals surface area contributed by atoms with Crippen LogP contribution in [0.15, 0.2) is 18.2 Å². The largest absolute Gasteiger partial charge is 0.453 e. The van der Waals surface area contributed by atoms with Crippen LogP contribution in [0.3, 0.4) is 0 Å². The second-order valence-electron chi connectivity index (χ2n) is 5.49. The third-order valence-electron chi connectivity index (χ3n) is 3.89. The molecule has 0 bridgehead atoms. The van der Waals surface area contributed by atoms with Crippen molar-refractivity contribution in [2.75, 3.05) is 33.4 Å². The molecule has 1 aromatic carbocycles. The van der Waals surface area contributed by atoms with Crippen molar-refractivity contribution in [3.8, 4) is 0 Å². The van der Waals surface area contributed by atoms with Gasteiger partial charge in [-0.25, -0.2) is 13.6 Å². The van der Waals surface area contributed by atoms with Gasteiger partial charge < -0.3 is 20.1 Å². The molecule has 0 aromatic heterocycles. The van der Waals surface area contributed by atoms with E-state index < -0.39 is 17.7 Å². The van der Waals surface area contributed by atoms with Gasteiger partial charge in [0, 0.05) is 19.0 Å². The Hall–Kier alpha value is -1.73. The van der Waals surface area contributed by atoms with Gasteiger partial charge in [-0.1, -0.05) is 6.07 Å². The Morgan fingerprint density at radius 1 is 1.43 bits per heavy atom. The Morgan fingerprint density at radius 3 is 2.91 bits per heavy atom. The lowest BCUT2D eigenvalue weighted by molar-refractivity contribution is 0.00451. The molecule has 5 nitrogen and oxygen atoms in total. The molecule has 0 saturated carbocycles. The maximum Gasteiger partial charge on any atom is 0.406 e. The van der Waals surface area contributed by atoms with Crippen molar-refractivity contribution in [2.24, 2.45) is 5.92 Å². The first-order valence-electron chi connectivity index (χ1n) is 7.71. The fraction of sp³-hybridized carbons (Fsp3) is 0.562. The van der Waals surface area contributed by atoms with Gasteiger partial charge in [0.2, 0.25) is 0 Å². The maximum atomic E-state index is 13.5. The predicted octanol–water partition coefficient (Wildman–Crippen LogP) is 2.38. The van der Waals surface area contributed by atoms with E-state index in [-0.39, 0.29) is 25.2 Å². The van der Waals surface area contributed by atoms with Crippen molar-refractivity contribution in [1.82, 2.24) is 10.6 Å². The Bertz CT molecular complexity index is 522. The SMILES string of the molecule is COC(=O)NCCO[C@@H](c1ccc(F)c(F)c1)C1CCCNC1. The number of nitrogens with one attached hydrogen (secondary N) is 2. The van der Waals surface area contributed by atoms with Crippen LogP contribution in [-0.4, -0.2) is 39.4 Å². The summed E-state index contributed by atoms with van der Waals surface area (Å²) in [5.41, 5.74) is 0.607. The van der Waals surface area contributed by atoms with Gasteiger partial charge in [-0.05, 0) is 37.1 Å². The van der Waals surface area contributed by atoms with Gasteiger partial charge in [-0.2, -0.15) is 0 Å². The number of hydrogen-bond donors (Lipinski definition) is 2. The van der Waals surface area contributed by atoms with Gasteiger partial charge in [0.15, 0.2) is 11.6 Å². The average molecular weight is 328 g/mol. The van der Waals surface area contributed by atoms with Gasteiger partial charge in [-0.3, -0.25) is 0 Å². The number of rotatable bonds is 6. The highest BCUT2D eigenvalue weighted by molar-refractivity contribution is 5.66. The van der Waals surface area contributed by atoms with Crippen molar-refractivity contribution < 1.29 is 23.0 Å². The lowest BCUT2D eigenvalue weighted by Crippen LogP contribution is -2.35. The molecule has 2 N–H and O–H groups in total.